The van der Waals surface area contributed by atoms with Crippen LogP contribution in [0.5, 0.6) is 0 Å². The van der Waals surface area contributed by atoms with Crippen LogP contribution in [0, 0.1) is 0 Å². The third-order valence-corrected chi connectivity index (χ3v) is 4.11. The molecule has 0 spiro atoms. The summed E-state index contributed by atoms with van der Waals surface area (Å²) in [4.78, 5) is 4.05. The number of aliphatic hydroxyl groups is 1. The van der Waals surface area contributed by atoms with E-state index in [1.807, 2.05) is 30.3 Å². The van der Waals surface area contributed by atoms with Crippen molar-refractivity contribution in [1.82, 2.24) is 19.7 Å². The Kier molecular flexibility index (Phi) is 4.82. The molecule has 6 heteroatoms. The number of hydrogen-bond donors (Lipinski definition) is 1. The minimum atomic E-state index is 0.119. The predicted molar refractivity (Wildman–Crippen MR) is 86.6 cm³/mol. The third kappa shape index (κ3) is 3.35. The number of aromatic nitrogens is 4. The van der Waals surface area contributed by atoms with Gasteiger partial charge in [-0.15, -0.1) is 10.2 Å². The van der Waals surface area contributed by atoms with Gasteiger partial charge in [-0.2, -0.15) is 0 Å². The largest absolute Gasteiger partial charge is 0.396 e. The Morgan fingerprint density at radius 3 is 2.50 bits per heavy atom. The van der Waals surface area contributed by atoms with Crippen molar-refractivity contribution >= 4 is 11.8 Å². The first kappa shape index (κ1) is 14.7. The summed E-state index contributed by atoms with van der Waals surface area (Å²) >= 11 is 1.51. The van der Waals surface area contributed by atoms with Crippen LogP contribution < -0.4 is 0 Å². The summed E-state index contributed by atoms with van der Waals surface area (Å²) in [5.74, 6) is 1.41. The van der Waals surface area contributed by atoms with Crippen molar-refractivity contribution in [2.24, 2.45) is 0 Å². The molecule has 0 bridgehead atoms. The van der Waals surface area contributed by atoms with Gasteiger partial charge < -0.3 is 5.11 Å². The van der Waals surface area contributed by atoms with Gasteiger partial charge in [0.1, 0.15) is 0 Å². The Bertz CT molecular complexity index is 716. The monoisotopic (exact) mass is 312 g/mol. The van der Waals surface area contributed by atoms with Crippen molar-refractivity contribution in [1.29, 1.82) is 0 Å². The molecular formula is C16H16N4OS. The Hall–Kier alpha value is -2.18. The number of thioether (sulfide) groups is 1. The summed E-state index contributed by atoms with van der Waals surface area (Å²) in [5, 5.41) is 18.4. The van der Waals surface area contributed by atoms with E-state index in [9.17, 15) is 0 Å². The number of benzene rings is 1. The SMILES string of the molecule is OCCSc1nnc(-c2ccncc2)n1Cc1ccccc1. The second-order valence-electron chi connectivity index (χ2n) is 4.69. The Labute approximate surface area is 133 Å². The zero-order chi connectivity index (χ0) is 15.2. The molecule has 0 unspecified atom stereocenters. The molecule has 0 saturated carbocycles. The Balaban J connectivity index is 1.98. The van der Waals surface area contributed by atoms with Crippen LogP contribution in [0.2, 0.25) is 0 Å². The molecule has 0 atom stereocenters. The molecule has 0 fully saturated rings. The molecule has 112 valence electrons. The van der Waals surface area contributed by atoms with Gasteiger partial charge in [0.15, 0.2) is 11.0 Å². The number of rotatable bonds is 6. The molecule has 2 aromatic heterocycles. The predicted octanol–water partition coefficient (Wildman–Crippen LogP) is 2.47. The molecule has 0 amide bonds. The van der Waals surface area contributed by atoms with E-state index in [-0.39, 0.29) is 6.61 Å². The minimum Gasteiger partial charge on any atom is -0.396 e. The fraction of sp³-hybridized carbons (Fsp3) is 0.188. The van der Waals surface area contributed by atoms with Crippen molar-refractivity contribution in [3.63, 3.8) is 0 Å². The van der Waals surface area contributed by atoms with Crippen LogP contribution >= 0.6 is 11.8 Å². The van der Waals surface area contributed by atoms with E-state index in [0.717, 1.165) is 16.5 Å². The highest BCUT2D eigenvalue weighted by atomic mass is 32.2. The molecule has 3 aromatic rings. The van der Waals surface area contributed by atoms with Gasteiger partial charge in [0, 0.05) is 23.7 Å². The third-order valence-electron chi connectivity index (χ3n) is 3.16. The smallest absolute Gasteiger partial charge is 0.191 e. The first-order valence-corrected chi connectivity index (χ1v) is 7.98. The van der Waals surface area contributed by atoms with Crippen molar-refractivity contribution in [3.05, 3.63) is 60.4 Å². The molecule has 1 aromatic carbocycles. The van der Waals surface area contributed by atoms with Crippen molar-refractivity contribution in [2.75, 3.05) is 12.4 Å². The first-order chi connectivity index (χ1) is 10.9. The van der Waals surface area contributed by atoms with Crippen molar-refractivity contribution in [2.45, 2.75) is 11.7 Å². The fourth-order valence-electron chi connectivity index (χ4n) is 2.16. The summed E-state index contributed by atoms with van der Waals surface area (Å²) in [5.41, 5.74) is 2.16. The minimum absolute atomic E-state index is 0.119. The molecule has 5 nitrogen and oxygen atoms in total. The van der Waals surface area contributed by atoms with Gasteiger partial charge in [-0.05, 0) is 17.7 Å². The number of hydrogen-bond acceptors (Lipinski definition) is 5. The van der Waals surface area contributed by atoms with E-state index >= 15 is 0 Å². The highest BCUT2D eigenvalue weighted by molar-refractivity contribution is 7.99. The van der Waals surface area contributed by atoms with E-state index in [1.165, 1.54) is 17.3 Å². The van der Waals surface area contributed by atoms with Crippen LogP contribution in [-0.4, -0.2) is 37.2 Å². The molecule has 22 heavy (non-hydrogen) atoms. The average molecular weight is 312 g/mol. The van der Waals surface area contributed by atoms with E-state index in [1.54, 1.807) is 12.4 Å². The summed E-state index contributed by atoms with van der Waals surface area (Å²) in [6, 6.07) is 14.0. The second-order valence-corrected chi connectivity index (χ2v) is 5.75. The van der Waals surface area contributed by atoms with E-state index in [0.29, 0.717) is 12.3 Å². The lowest BCUT2D eigenvalue weighted by Gasteiger charge is -2.10. The van der Waals surface area contributed by atoms with E-state index in [4.69, 9.17) is 5.11 Å². The van der Waals surface area contributed by atoms with Gasteiger partial charge in [-0.1, -0.05) is 42.1 Å². The van der Waals surface area contributed by atoms with Gasteiger partial charge in [-0.25, -0.2) is 0 Å². The number of pyridine rings is 1. The summed E-state index contributed by atoms with van der Waals surface area (Å²) in [6.45, 7) is 0.812. The van der Waals surface area contributed by atoms with Crippen LogP contribution in [-0.2, 0) is 6.54 Å². The fourth-order valence-corrected chi connectivity index (χ4v) is 2.83. The summed E-state index contributed by atoms with van der Waals surface area (Å²) in [7, 11) is 0. The van der Waals surface area contributed by atoms with Crippen LogP contribution in [0.4, 0.5) is 0 Å². The van der Waals surface area contributed by atoms with Gasteiger partial charge in [0.25, 0.3) is 0 Å². The van der Waals surface area contributed by atoms with Crippen LogP contribution in [0.15, 0.2) is 60.0 Å². The molecule has 0 aliphatic heterocycles. The Morgan fingerprint density at radius 1 is 1.00 bits per heavy atom. The summed E-state index contributed by atoms with van der Waals surface area (Å²) < 4.78 is 2.07. The number of nitrogens with zero attached hydrogens (tertiary/aromatic N) is 4. The first-order valence-electron chi connectivity index (χ1n) is 6.99. The Morgan fingerprint density at radius 2 is 1.77 bits per heavy atom. The van der Waals surface area contributed by atoms with Crippen molar-refractivity contribution < 1.29 is 5.11 Å². The van der Waals surface area contributed by atoms with Gasteiger partial charge in [0.2, 0.25) is 0 Å². The molecule has 3 rings (SSSR count). The maximum atomic E-state index is 9.05. The molecular weight excluding hydrogens is 296 g/mol. The zero-order valence-electron chi connectivity index (χ0n) is 12.0. The topological polar surface area (TPSA) is 63.8 Å². The van der Waals surface area contributed by atoms with E-state index in [2.05, 4.69) is 31.9 Å². The van der Waals surface area contributed by atoms with Crippen molar-refractivity contribution in [3.8, 4) is 11.4 Å². The van der Waals surface area contributed by atoms with Crippen LogP contribution in [0.25, 0.3) is 11.4 Å². The molecule has 0 saturated heterocycles. The molecule has 1 N–H and O–H groups in total. The van der Waals surface area contributed by atoms with Crippen LogP contribution in [0.1, 0.15) is 5.56 Å². The lowest BCUT2D eigenvalue weighted by Crippen LogP contribution is -2.04. The van der Waals surface area contributed by atoms with Gasteiger partial charge >= 0.3 is 0 Å². The normalized spacial score (nSPS) is 10.8. The molecule has 0 aliphatic carbocycles. The molecule has 0 radical (unpaired) electrons. The van der Waals surface area contributed by atoms with Gasteiger partial charge in [0.05, 0.1) is 13.2 Å². The maximum absolute atomic E-state index is 9.05. The lowest BCUT2D eigenvalue weighted by molar-refractivity contribution is 0.322. The second kappa shape index (κ2) is 7.20. The maximum Gasteiger partial charge on any atom is 0.191 e. The highest BCUT2D eigenvalue weighted by Crippen LogP contribution is 2.24. The lowest BCUT2D eigenvalue weighted by atomic mass is 10.2. The number of aliphatic hydroxyl groups excluding tert-OH is 1. The standard InChI is InChI=1S/C16H16N4OS/c21-10-11-22-16-19-18-15(14-6-8-17-9-7-14)20(16)12-13-4-2-1-3-5-13/h1-9,21H,10-12H2. The molecule has 2 heterocycles. The van der Waals surface area contributed by atoms with Crippen LogP contribution in [0.3, 0.4) is 0 Å². The summed E-state index contributed by atoms with van der Waals surface area (Å²) in [6.07, 6.45) is 3.49. The zero-order valence-corrected chi connectivity index (χ0v) is 12.8. The molecule has 0 aliphatic rings. The highest BCUT2D eigenvalue weighted by Gasteiger charge is 2.14. The van der Waals surface area contributed by atoms with E-state index < -0.39 is 0 Å². The van der Waals surface area contributed by atoms with Gasteiger partial charge in [-0.3, -0.25) is 9.55 Å². The quantitative estimate of drug-likeness (QED) is 0.708. The average Bonchev–Trinajstić information content (AvgIpc) is 2.97.